The Labute approximate surface area is 104 Å². The Kier molecular flexibility index (Phi) is 3.26. The van der Waals surface area contributed by atoms with Crippen LogP contribution in [-0.4, -0.2) is 63.8 Å². The molecule has 2 aromatic heterocycles. The van der Waals surface area contributed by atoms with Crippen molar-refractivity contribution in [2.45, 2.75) is 0 Å². The highest BCUT2D eigenvalue weighted by molar-refractivity contribution is 5.68. The number of aromatic nitrogens is 4. The zero-order valence-corrected chi connectivity index (χ0v) is 10.7. The van der Waals surface area contributed by atoms with Crippen LogP contribution in [0.4, 0.5) is 0 Å². The molecular weight excluding hydrogens is 236 g/mol. The molecule has 0 amide bonds. The van der Waals surface area contributed by atoms with Gasteiger partial charge in [-0.15, -0.1) is 5.10 Å². The van der Waals surface area contributed by atoms with Crippen LogP contribution in [-0.2, 0) is 4.89 Å². The van der Waals surface area contributed by atoms with Crippen molar-refractivity contribution in [3.05, 3.63) is 18.3 Å². The van der Waals surface area contributed by atoms with E-state index in [2.05, 4.69) is 15.3 Å². The first kappa shape index (κ1) is 12.1. The van der Waals surface area contributed by atoms with Crippen molar-refractivity contribution in [3.8, 4) is 0 Å². The molecule has 8 heteroatoms. The third-order valence-corrected chi connectivity index (χ3v) is 2.13. The maximum atomic E-state index is 5.21. The second kappa shape index (κ2) is 4.86. The molecule has 2 aromatic rings. The van der Waals surface area contributed by atoms with Gasteiger partial charge in [-0.1, -0.05) is 0 Å². The molecule has 0 aliphatic carbocycles. The van der Waals surface area contributed by atoms with Gasteiger partial charge < -0.3 is 0 Å². The molecule has 18 heavy (non-hydrogen) atoms. The Morgan fingerprint density at radius 1 is 1.39 bits per heavy atom. The van der Waals surface area contributed by atoms with Gasteiger partial charge in [-0.25, -0.2) is 14.5 Å². The minimum atomic E-state index is 0.495. The van der Waals surface area contributed by atoms with Crippen LogP contribution in [0.5, 0.6) is 0 Å². The lowest BCUT2D eigenvalue weighted by Gasteiger charge is -2.09. The van der Waals surface area contributed by atoms with Crippen LogP contribution in [0.2, 0.25) is 0 Å². The summed E-state index contributed by atoms with van der Waals surface area (Å²) in [6.45, 7) is 0. The van der Waals surface area contributed by atoms with E-state index >= 15 is 0 Å². The summed E-state index contributed by atoms with van der Waals surface area (Å²) < 4.78 is 1.77. The van der Waals surface area contributed by atoms with Gasteiger partial charge in [0.1, 0.15) is 5.52 Å². The lowest BCUT2D eigenvalue weighted by Crippen LogP contribution is -2.35. The predicted molar refractivity (Wildman–Crippen MR) is 63.8 cm³/mol. The maximum absolute atomic E-state index is 5.21. The van der Waals surface area contributed by atoms with Crippen LogP contribution in [0.15, 0.2) is 18.3 Å². The van der Waals surface area contributed by atoms with E-state index in [0.29, 0.717) is 17.2 Å². The van der Waals surface area contributed by atoms with E-state index in [1.165, 1.54) is 0 Å². The van der Waals surface area contributed by atoms with Crippen molar-refractivity contribution in [1.82, 2.24) is 25.0 Å². The third-order valence-electron chi connectivity index (χ3n) is 2.13. The molecule has 0 bridgehead atoms. The zero-order chi connectivity index (χ0) is 13.1. The Bertz CT molecular complexity index is 573. The summed E-state index contributed by atoms with van der Waals surface area (Å²) in [4.78, 5) is 17.3. The van der Waals surface area contributed by atoms with E-state index in [1.54, 1.807) is 27.8 Å². The number of rotatable bonds is 2. The first-order chi connectivity index (χ1) is 8.59. The quantitative estimate of drug-likeness (QED) is 0.233. The van der Waals surface area contributed by atoms with Gasteiger partial charge in [-0.2, -0.15) is 9.88 Å². The van der Waals surface area contributed by atoms with E-state index in [9.17, 15) is 0 Å². The summed E-state index contributed by atoms with van der Waals surface area (Å²) in [6.07, 6.45) is 1.63. The van der Waals surface area contributed by atoms with E-state index in [4.69, 9.17) is 9.88 Å². The SMILES string of the molecule is CN(C)C(OOn1nnc2cccnc21)=[N+](C)C. The number of amidine groups is 1. The predicted octanol–water partition coefficient (Wildman–Crippen LogP) is -0.624. The fourth-order valence-electron chi connectivity index (χ4n) is 1.41. The van der Waals surface area contributed by atoms with Crippen molar-refractivity contribution in [3.63, 3.8) is 0 Å². The highest BCUT2D eigenvalue weighted by atomic mass is 17.3. The van der Waals surface area contributed by atoms with Crippen LogP contribution in [0.1, 0.15) is 0 Å². The smallest absolute Gasteiger partial charge is 0.232 e. The van der Waals surface area contributed by atoms with Gasteiger partial charge in [0, 0.05) is 6.20 Å². The molecule has 0 aliphatic rings. The van der Waals surface area contributed by atoms with Gasteiger partial charge >= 0.3 is 6.02 Å². The van der Waals surface area contributed by atoms with Crippen LogP contribution in [0.25, 0.3) is 11.2 Å². The molecule has 0 aliphatic heterocycles. The number of hydrogen-bond donors (Lipinski definition) is 0. The number of pyridine rings is 1. The lowest BCUT2D eigenvalue weighted by molar-refractivity contribution is -0.493. The first-order valence-corrected chi connectivity index (χ1v) is 5.32. The molecule has 0 saturated carbocycles. The molecule has 2 heterocycles. The molecule has 0 N–H and O–H groups in total. The Hall–Kier alpha value is -2.38. The van der Waals surface area contributed by atoms with Crippen LogP contribution in [0, 0.1) is 0 Å². The summed E-state index contributed by atoms with van der Waals surface area (Å²) >= 11 is 0. The number of fused-ring (bicyclic) bond motifs is 1. The summed E-state index contributed by atoms with van der Waals surface area (Å²) in [5.41, 5.74) is 1.13. The largest absolute Gasteiger partial charge is 0.489 e. The van der Waals surface area contributed by atoms with E-state index in [1.807, 2.05) is 28.2 Å². The summed E-state index contributed by atoms with van der Waals surface area (Å²) in [7, 11) is 7.37. The first-order valence-electron chi connectivity index (χ1n) is 5.32. The van der Waals surface area contributed by atoms with Gasteiger partial charge in [-0.3, -0.25) is 0 Å². The fraction of sp³-hybridized carbons (Fsp3) is 0.400. The standard InChI is InChI=1S/C10H15N6O2/c1-14(2)10(15(3)4)17-18-16-9-8(12-13-16)6-5-7-11-9/h5-7H,1-4H3/q+1. The highest BCUT2D eigenvalue weighted by Crippen LogP contribution is 2.04. The van der Waals surface area contributed by atoms with Crippen LogP contribution < -0.4 is 4.99 Å². The minimum Gasteiger partial charge on any atom is -0.232 e. The Morgan fingerprint density at radius 2 is 2.17 bits per heavy atom. The van der Waals surface area contributed by atoms with Crippen molar-refractivity contribution < 1.29 is 14.5 Å². The molecule has 2 rings (SSSR count). The summed E-state index contributed by atoms with van der Waals surface area (Å²) in [5.74, 6) is 0. The van der Waals surface area contributed by atoms with Gasteiger partial charge in [0.2, 0.25) is 5.65 Å². The van der Waals surface area contributed by atoms with Crippen molar-refractivity contribution in [2.75, 3.05) is 28.2 Å². The minimum absolute atomic E-state index is 0.495. The molecule has 0 aromatic carbocycles. The summed E-state index contributed by atoms with van der Waals surface area (Å²) in [6, 6.07) is 4.09. The zero-order valence-electron chi connectivity index (χ0n) is 10.7. The van der Waals surface area contributed by atoms with Gasteiger partial charge in [0.05, 0.1) is 28.2 Å². The number of hydrogen-bond acceptors (Lipinski definition) is 5. The average Bonchev–Trinajstić information content (AvgIpc) is 2.72. The molecule has 96 valence electrons. The molecule has 0 fully saturated rings. The molecule has 0 unspecified atom stereocenters. The molecule has 8 nitrogen and oxygen atoms in total. The maximum Gasteiger partial charge on any atom is 0.489 e. The molecule has 0 saturated heterocycles. The summed E-state index contributed by atoms with van der Waals surface area (Å²) in [5, 5.41) is 7.69. The topological polar surface area (TPSA) is 68.3 Å². The second-order valence-corrected chi connectivity index (χ2v) is 4.04. The van der Waals surface area contributed by atoms with E-state index in [-0.39, 0.29) is 0 Å². The highest BCUT2D eigenvalue weighted by Gasteiger charge is 2.17. The second-order valence-electron chi connectivity index (χ2n) is 4.04. The van der Waals surface area contributed by atoms with Gasteiger partial charge in [-0.05, 0) is 22.2 Å². The van der Waals surface area contributed by atoms with Crippen molar-refractivity contribution in [2.24, 2.45) is 0 Å². The fourth-order valence-corrected chi connectivity index (χ4v) is 1.41. The van der Waals surface area contributed by atoms with Crippen molar-refractivity contribution >= 4 is 17.2 Å². The van der Waals surface area contributed by atoms with Crippen molar-refractivity contribution in [1.29, 1.82) is 0 Å². The third kappa shape index (κ3) is 2.31. The van der Waals surface area contributed by atoms with Gasteiger partial charge in [0.15, 0.2) is 0 Å². The van der Waals surface area contributed by atoms with Crippen LogP contribution in [0.3, 0.4) is 0 Å². The van der Waals surface area contributed by atoms with Gasteiger partial charge in [0.25, 0.3) is 0 Å². The molecule has 0 atom stereocenters. The van der Waals surface area contributed by atoms with E-state index < -0.39 is 0 Å². The lowest BCUT2D eigenvalue weighted by atomic mass is 10.4. The van der Waals surface area contributed by atoms with E-state index in [0.717, 1.165) is 4.85 Å². The molecular formula is C10H15N6O2+. The average molecular weight is 251 g/mol. The Balaban J connectivity index is 2.18. The van der Waals surface area contributed by atoms with Crippen LogP contribution >= 0.6 is 0 Å². The number of nitrogens with zero attached hydrogens (tertiary/aromatic N) is 6. The Morgan fingerprint density at radius 3 is 2.83 bits per heavy atom. The monoisotopic (exact) mass is 251 g/mol. The molecule has 0 radical (unpaired) electrons. The normalized spacial score (nSPS) is 10.2. The molecule has 0 spiro atoms.